The molecule has 1 amide bonds. The molecule has 0 aliphatic heterocycles. The van der Waals surface area contributed by atoms with Crippen LogP contribution in [0.15, 0.2) is 36.4 Å². The van der Waals surface area contributed by atoms with E-state index in [9.17, 15) is 4.79 Å². The summed E-state index contributed by atoms with van der Waals surface area (Å²) < 4.78 is 0. The molecule has 0 bridgehead atoms. The molecule has 0 spiro atoms. The lowest BCUT2D eigenvalue weighted by atomic mass is 10.1. The molecule has 0 atom stereocenters. The van der Waals surface area contributed by atoms with Gasteiger partial charge in [-0.1, -0.05) is 18.2 Å². The van der Waals surface area contributed by atoms with Gasteiger partial charge in [0, 0.05) is 17.9 Å². The monoisotopic (exact) mass is 283 g/mol. The summed E-state index contributed by atoms with van der Waals surface area (Å²) >= 11 is 0. The molecule has 110 valence electrons. The lowest BCUT2D eigenvalue weighted by molar-refractivity contribution is 0.0751. The highest BCUT2D eigenvalue weighted by molar-refractivity contribution is 5.99. The van der Waals surface area contributed by atoms with Crippen molar-refractivity contribution in [3.8, 4) is 0 Å². The van der Waals surface area contributed by atoms with E-state index in [1.165, 1.54) is 0 Å². The average molecular weight is 283 g/mol. The van der Waals surface area contributed by atoms with Crippen LogP contribution in [0.2, 0.25) is 0 Å². The number of pyridine rings is 1. The first kappa shape index (κ1) is 15.0. The van der Waals surface area contributed by atoms with E-state index in [2.05, 4.69) is 4.98 Å². The van der Waals surface area contributed by atoms with Crippen LogP contribution in [0, 0.1) is 13.8 Å². The minimum atomic E-state index is -0.0537. The van der Waals surface area contributed by atoms with Crippen molar-refractivity contribution in [2.45, 2.75) is 27.3 Å². The molecule has 1 aromatic heterocycles. The van der Waals surface area contributed by atoms with Gasteiger partial charge in [0.2, 0.25) is 0 Å². The molecule has 2 N–H and O–H groups in total. The van der Waals surface area contributed by atoms with E-state index in [0.29, 0.717) is 24.3 Å². The maximum absolute atomic E-state index is 12.7. The van der Waals surface area contributed by atoms with Crippen molar-refractivity contribution in [1.29, 1.82) is 0 Å². The number of aryl methyl sites for hydroxylation is 2. The number of para-hydroxylation sites is 1. The minimum Gasteiger partial charge on any atom is -0.398 e. The van der Waals surface area contributed by atoms with Gasteiger partial charge in [-0.2, -0.15) is 0 Å². The van der Waals surface area contributed by atoms with E-state index in [-0.39, 0.29) is 5.91 Å². The van der Waals surface area contributed by atoms with Crippen LogP contribution < -0.4 is 5.73 Å². The van der Waals surface area contributed by atoms with Crippen molar-refractivity contribution in [2.75, 3.05) is 12.3 Å². The van der Waals surface area contributed by atoms with E-state index in [1.807, 2.05) is 51.1 Å². The Morgan fingerprint density at radius 1 is 1.19 bits per heavy atom. The molecule has 0 aliphatic rings. The molecule has 2 aromatic rings. The zero-order chi connectivity index (χ0) is 15.4. The number of rotatable bonds is 4. The Morgan fingerprint density at radius 2 is 1.90 bits per heavy atom. The Kier molecular flexibility index (Phi) is 4.58. The fourth-order valence-electron chi connectivity index (χ4n) is 2.25. The fraction of sp³-hybridized carbons (Fsp3) is 0.294. The van der Waals surface area contributed by atoms with Gasteiger partial charge in [-0.3, -0.25) is 9.78 Å². The van der Waals surface area contributed by atoms with E-state index >= 15 is 0 Å². The van der Waals surface area contributed by atoms with Crippen LogP contribution in [-0.2, 0) is 6.54 Å². The molecule has 0 saturated heterocycles. The van der Waals surface area contributed by atoms with Crippen LogP contribution in [0.1, 0.15) is 34.2 Å². The van der Waals surface area contributed by atoms with Crippen LogP contribution in [0.4, 0.5) is 5.69 Å². The predicted molar refractivity (Wildman–Crippen MR) is 85.0 cm³/mol. The highest BCUT2D eigenvalue weighted by Gasteiger charge is 2.18. The smallest absolute Gasteiger partial charge is 0.256 e. The van der Waals surface area contributed by atoms with Crippen molar-refractivity contribution in [3.63, 3.8) is 0 Å². The number of benzene rings is 1. The third-order valence-corrected chi connectivity index (χ3v) is 3.52. The Labute approximate surface area is 125 Å². The van der Waals surface area contributed by atoms with Crippen molar-refractivity contribution < 1.29 is 4.79 Å². The maximum atomic E-state index is 12.7. The molecular formula is C17H21N3O. The quantitative estimate of drug-likeness (QED) is 0.878. The summed E-state index contributed by atoms with van der Waals surface area (Å²) in [7, 11) is 0. The number of aromatic nitrogens is 1. The molecular weight excluding hydrogens is 262 g/mol. The average Bonchev–Trinajstić information content (AvgIpc) is 2.47. The Bertz CT molecular complexity index is 652. The lowest BCUT2D eigenvalue weighted by Gasteiger charge is -2.22. The molecule has 0 unspecified atom stereocenters. The van der Waals surface area contributed by atoms with Gasteiger partial charge in [0.15, 0.2) is 0 Å². The largest absolute Gasteiger partial charge is 0.398 e. The highest BCUT2D eigenvalue weighted by atomic mass is 16.2. The fourth-order valence-corrected chi connectivity index (χ4v) is 2.25. The Hall–Kier alpha value is -2.36. The number of carbonyl (C=O) groups excluding carboxylic acids is 1. The summed E-state index contributed by atoms with van der Waals surface area (Å²) in [5.41, 5.74) is 9.90. The molecule has 1 aromatic carbocycles. The van der Waals surface area contributed by atoms with E-state index in [1.54, 1.807) is 11.0 Å². The van der Waals surface area contributed by atoms with Gasteiger partial charge in [-0.15, -0.1) is 0 Å². The van der Waals surface area contributed by atoms with Gasteiger partial charge in [0.25, 0.3) is 5.91 Å². The first-order valence-corrected chi connectivity index (χ1v) is 7.09. The first-order valence-electron chi connectivity index (χ1n) is 7.09. The van der Waals surface area contributed by atoms with Crippen molar-refractivity contribution in [2.24, 2.45) is 0 Å². The van der Waals surface area contributed by atoms with Crippen LogP contribution in [0.3, 0.4) is 0 Å². The lowest BCUT2D eigenvalue weighted by Crippen LogP contribution is -2.31. The zero-order valence-corrected chi connectivity index (χ0v) is 12.8. The second-order valence-corrected chi connectivity index (χ2v) is 5.13. The summed E-state index contributed by atoms with van der Waals surface area (Å²) in [6, 6.07) is 11.4. The third kappa shape index (κ3) is 3.40. The van der Waals surface area contributed by atoms with E-state index in [4.69, 9.17) is 5.73 Å². The summed E-state index contributed by atoms with van der Waals surface area (Å²) in [6.07, 6.45) is 0. The molecule has 2 rings (SSSR count). The molecule has 0 aliphatic carbocycles. The zero-order valence-electron chi connectivity index (χ0n) is 12.8. The molecule has 4 heteroatoms. The van der Waals surface area contributed by atoms with Gasteiger partial charge < -0.3 is 10.6 Å². The van der Waals surface area contributed by atoms with Gasteiger partial charge in [0.05, 0.1) is 17.8 Å². The number of nitrogens with two attached hydrogens (primary N) is 1. The molecule has 0 saturated carbocycles. The van der Waals surface area contributed by atoms with Crippen molar-refractivity contribution >= 4 is 11.6 Å². The standard InChI is InChI=1S/C17H21N3O/c1-4-20(11-14-9-6-8-13(3)19-14)17(21)15-10-5-7-12(2)16(15)18/h5-10H,4,11,18H2,1-3H3. The molecule has 0 radical (unpaired) electrons. The van der Waals surface area contributed by atoms with Crippen LogP contribution in [0.25, 0.3) is 0 Å². The normalized spacial score (nSPS) is 10.4. The summed E-state index contributed by atoms with van der Waals surface area (Å²) in [5.74, 6) is -0.0537. The molecule has 0 fully saturated rings. The van der Waals surface area contributed by atoms with Gasteiger partial charge in [-0.05, 0) is 44.5 Å². The predicted octanol–water partition coefficient (Wildman–Crippen LogP) is 2.94. The second-order valence-electron chi connectivity index (χ2n) is 5.13. The summed E-state index contributed by atoms with van der Waals surface area (Å²) in [4.78, 5) is 18.9. The SMILES string of the molecule is CCN(Cc1cccc(C)n1)C(=O)c1cccc(C)c1N. The number of hydrogen-bond donors (Lipinski definition) is 1. The number of carbonyl (C=O) groups is 1. The van der Waals surface area contributed by atoms with Crippen LogP contribution in [-0.4, -0.2) is 22.3 Å². The maximum Gasteiger partial charge on any atom is 0.256 e. The highest BCUT2D eigenvalue weighted by Crippen LogP contribution is 2.19. The van der Waals surface area contributed by atoms with Gasteiger partial charge in [-0.25, -0.2) is 0 Å². The molecule has 4 nitrogen and oxygen atoms in total. The number of amides is 1. The van der Waals surface area contributed by atoms with Crippen LogP contribution in [0.5, 0.6) is 0 Å². The number of nitrogens with zero attached hydrogens (tertiary/aromatic N) is 2. The summed E-state index contributed by atoms with van der Waals surface area (Å²) in [5, 5.41) is 0. The minimum absolute atomic E-state index is 0.0537. The van der Waals surface area contributed by atoms with E-state index in [0.717, 1.165) is 17.0 Å². The van der Waals surface area contributed by atoms with Crippen molar-refractivity contribution in [3.05, 3.63) is 58.9 Å². The molecule has 1 heterocycles. The topological polar surface area (TPSA) is 59.2 Å². The number of anilines is 1. The van der Waals surface area contributed by atoms with Gasteiger partial charge in [0.1, 0.15) is 0 Å². The van der Waals surface area contributed by atoms with Crippen molar-refractivity contribution in [1.82, 2.24) is 9.88 Å². The number of hydrogen-bond acceptors (Lipinski definition) is 3. The number of nitrogen functional groups attached to an aromatic ring is 1. The first-order chi connectivity index (χ1) is 10.0. The molecule has 21 heavy (non-hydrogen) atoms. The Morgan fingerprint density at radius 3 is 2.57 bits per heavy atom. The van der Waals surface area contributed by atoms with E-state index < -0.39 is 0 Å². The van der Waals surface area contributed by atoms with Gasteiger partial charge >= 0.3 is 0 Å². The Balaban J connectivity index is 2.25. The van der Waals surface area contributed by atoms with Crippen LogP contribution >= 0.6 is 0 Å². The second kappa shape index (κ2) is 6.39. The third-order valence-electron chi connectivity index (χ3n) is 3.52. The summed E-state index contributed by atoms with van der Waals surface area (Å²) in [6.45, 7) is 6.91.